The van der Waals surface area contributed by atoms with Gasteiger partial charge < -0.3 is 4.74 Å². The molecule has 0 unspecified atom stereocenters. The van der Waals surface area contributed by atoms with E-state index in [0.717, 1.165) is 4.47 Å². The lowest BCUT2D eigenvalue weighted by molar-refractivity contribution is -0.145. The Hall–Kier alpha value is -0.920. The fourth-order valence-corrected chi connectivity index (χ4v) is 2.39. The van der Waals surface area contributed by atoms with Crippen LogP contribution in [0.25, 0.3) is 0 Å². The normalized spacial score (nSPS) is 11.6. The zero-order chi connectivity index (χ0) is 13.8. The van der Waals surface area contributed by atoms with E-state index < -0.39 is 16.0 Å². The minimum absolute atomic E-state index is 0.100. The summed E-state index contributed by atoms with van der Waals surface area (Å²) < 4.78 is 31.4. The van der Waals surface area contributed by atoms with Crippen LogP contribution in [0.5, 0.6) is 0 Å². The fraction of sp³-hybridized carbons (Fsp3) is 0.364. The second kappa shape index (κ2) is 6.31. The molecule has 0 heterocycles. The minimum Gasteiger partial charge on any atom is -0.462 e. The summed E-state index contributed by atoms with van der Waals surface area (Å²) in [7, 11) is -3.68. The Bertz CT molecular complexity index is 510. The minimum atomic E-state index is -3.68. The number of carbonyl (C=O) groups excluding carboxylic acids is 1. The highest BCUT2D eigenvalue weighted by atomic mass is 79.9. The van der Waals surface area contributed by atoms with Gasteiger partial charge >= 0.3 is 5.97 Å². The SMILES string of the molecule is CC(C)OC(=O)CNS(=O)(=O)c1ccc(Br)cc1. The molecule has 0 fully saturated rings. The maximum absolute atomic E-state index is 11.8. The fourth-order valence-electron chi connectivity index (χ4n) is 1.16. The molecule has 0 atom stereocenters. The first-order valence-electron chi connectivity index (χ1n) is 5.26. The molecular formula is C11H14BrNO4S. The number of halogens is 1. The number of sulfonamides is 1. The molecule has 0 saturated carbocycles. The van der Waals surface area contributed by atoms with Gasteiger partial charge in [0.05, 0.1) is 11.0 Å². The molecule has 0 spiro atoms. The zero-order valence-electron chi connectivity index (χ0n) is 10.0. The van der Waals surface area contributed by atoms with E-state index in [0.29, 0.717) is 0 Å². The first-order valence-corrected chi connectivity index (χ1v) is 7.53. The largest absolute Gasteiger partial charge is 0.462 e. The Balaban J connectivity index is 2.66. The Labute approximate surface area is 115 Å². The average Bonchev–Trinajstić information content (AvgIpc) is 2.26. The summed E-state index contributed by atoms with van der Waals surface area (Å²) in [5.74, 6) is -0.606. The molecule has 100 valence electrons. The van der Waals surface area contributed by atoms with Gasteiger partial charge in [-0.25, -0.2) is 8.42 Å². The van der Waals surface area contributed by atoms with Crippen molar-refractivity contribution in [2.75, 3.05) is 6.54 Å². The molecule has 1 N–H and O–H groups in total. The third-order valence-corrected chi connectivity index (χ3v) is 3.84. The van der Waals surface area contributed by atoms with E-state index in [-0.39, 0.29) is 17.5 Å². The second-order valence-corrected chi connectivity index (χ2v) is 6.50. The van der Waals surface area contributed by atoms with Crippen LogP contribution in [-0.2, 0) is 19.6 Å². The molecule has 0 aliphatic rings. The second-order valence-electron chi connectivity index (χ2n) is 3.82. The monoisotopic (exact) mass is 335 g/mol. The van der Waals surface area contributed by atoms with Crippen molar-refractivity contribution in [3.63, 3.8) is 0 Å². The van der Waals surface area contributed by atoms with Gasteiger partial charge in [0, 0.05) is 4.47 Å². The maximum atomic E-state index is 11.8. The summed E-state index contributed by atoms with van der Waals surface area (Å²) in [4.78, 5) is 11.3. The molecule has 0 saturated heterocycles. The van der Waals surface area contributed by atoms with Crippen molar-refractivity contribution < 1.29 is 17.9 Å². The molecule has 1 aromatic carbocycles. The van der Waals surface area contributed by atoms with Crippen molar-refractivity contribution in [2.45, 2.75) is 24.8 Å². The molecular weight excluding hydrogens is 322 g/mol. The molecule has 0 aliphatic carbocycles. The molecule has 0 bridgehead atoms. The van der Waals surface area contributed by atoms with Gasteiger partial charge in [0.2, 0.25) is 10.0 Å². The molecule has 7 heteroatoms. The zero-order valence-corrected chi connectivity index (χ0v) is 12.4. The van der Waals surface area contributed by atoms with E-state index in [4.69, 9.17) is 4.74 Å². The molecule has 0 radical (unpaired) electrons. The predicted molar refractivity (Wildman–Crippen MR) is 70.6 cm³/mol. The van der Waals surface area contributed by atoms with Crippen LogP contribution >= 0.6 is 15.9 Å². The highest BCUT2D eigenvalue weighted by Gasteiger charge is 2.16. The van der Waals surface area contributed by atoms with Gasteiger partial charge in [-0.3, -0.25) is 4.79 Å². The van der Waals surface area contributed by atoms with E-state index >= 15 is 0 Å². The molecule has 1 rings (SSSR count). The number of rotatable bonds is 5. The van der Waals surface area contributed by atoms with Gasteiger partial charge in [0.15, 0.2) is 0 Å². The highest BCUT2D eigenvalue weighted by Crippen LogP contribution is 2.14. The van der Waals surface area contributed by atoms with Crippen LogP contribution in [0.1, 0.15) is 13.8 Å². The topological polar surface area (TPSA) is 72.5 Å². The van der Waals surface area contributed by atoms with Crippen LogP contribution in [0.3, 0.4) is 0 Å². The van der Waals surface area contributed by atoms with E-state index in [2.05, 4.69) is 20.7 Å². The number of ether oxygens (including phenoxy) is 1. The summed E-state index contributed by atoms with van der Waals surface area (Å²) in [5, 5.41) is 0. The van der Waals surface area contributed by atoms with Crippen LogP contribution in [0.4, 0.5) is 0 Å². The quantitative estimate of drug-likeness (QED) is 0.831. The van der Waals surface area contributed by atoms with E-state index in [1.165, 1.54) is 12.1 Å². The highest BCUT2D eigenvalue weighted by molar-refractivity contribution is 9.10. The molecule has 5 nitrogen and oxygen atoms in total. The Kier molecular flexibility index (Phi) is 5.30. The average molecular weight is 336 g/mol. The van der Waals surface area contributed by atoms with Crippen LogP contribution in [0.15, 0.2) is 33.6 Å². The van der Waals surface area contributed by atoms with E-state index in [1.54, 1.807) is 26.0 Å². The molecule has 18 heavy (non-hydrogen) atoms. The Morgan fingerprint density at radius 3 is 2.39 bits per heavy atom. The summed E-state index contributed by atoms with van der Waals surface area (Å²) in [6, 6.07) is 6.11. The lowest BCUT2D eigenvalue weighted by atomic mass is 10.4. The Morgan fingerprint density at radius 1 is 1.33 bits per heavy atom. The van der Waals surface area contributed by atoms with Crippen LogP contribution < -0.4 is 4.72 Å². The standard InChI is InChI=1S/C11H14BrNO4S/c1-8(2)17-11(14)7-13-18(15,16)10-5-3-9(12)4-6-10/h3-6,8,13H,7H2,1-2H3. The number of nitrogens with one attached hydrogen (secondary N) is 1. The number of benzene rings is 1. The van der Waals surface area contributed by atoms with E-state index in [1.807, 2.05) is 0 Å². The number of carbonyl (C=O) groups is 1. The molecule has 0 aliphatic heterocycles. The van der Waals surface area contributed by atoms with Gasteiger partial charge in [0.1, 0.15) is 6.54 Å². The molecule has 0 amide bonds. The van der Waals surface area contributed by atoms with Gasteiger partial charge in [-0.2, -0.15) is 4.72 Å². The third-order valence-electron chi connectivity index (χ3n) is 1.90. The van der Waals surface area contributed by atoms with Crippen molar-refractivity contribution in [1.82, 2.24) is 4.72 Å². The van der Waals surface area contributed by atoms with Crippen molar-refractivity contribution in [3.8, 4) is 0 Å². The van der Waals surface area contributed by atoms with Crippen LogP contribution in [0.2, 0.25) is 0 Å². The lowest BCUT2D eigenvalue weighted by Gasteiger charge is -2.09. The van der Waals surface area contributed by atoms with Gasteiger partial charge in [-0.15, -0.1) is 0 Å². The summed E-state index contributed by atoms with van der Waals surface area (Å²) >= 11 is 3.21. The maximum Gasteiger partial charge on any atom is 0.321 e. The number of esters is 1. The van der Waals surface area contributed by atoms with Crippen molar-refractivity contribution in [3.05, 3.63) is 28.7 Å². The smallest absolute Gasteiger partial charge is 0.321 e. The van der Waals surface area contributed by atoms with Crippen LogP contribution in [0, 0.1) is 0 Å². The van der Waals surface area contributed by atoms with Gasteiger partial charge in [0.25, 0.3) is 0 Å². The molecule has 0 aromatic heterocycles. The van der Waals surface area contributed by atoms with Crippen molar-refractivity contribution in [2.24, 2.45) is 0 Å². The van der Waals surface area contributed by atoms with E-state index in [9.17, 15) is 13.2 Å². The third kappa shape index (κ3) is 4.75. The van der Waals surface area contributed by atoms with Gasteiger partial charge in [-0.1, -0.05) is 15.9 Å². The van der Waals surface area contributed by atoms with Crippen molar-refractivity contribution in [1.29, 1.82) is 0 Å². The molecule has 1 aromatic rings. The van der Waals surface area contributed by atoms with Crippen molar-refractivity contribution >= 4 is 31.9 Å². The van der Waals surface area contributed by atoms with Crippen LogP contribution in [-0.4, -0.2) is 27.0 Å². The summed E-state index contributed by atoms with van der Waals surface area (Å²) in [6.07, 6.45) is -0.269. The number of hydrogen-bond donors (Lipinski definition) is 1. The Morgan fingerprint density at radius 2 is 1.89 bits per heavy atom. The lowest BCUT2D eigenvalue weighted by Crippen LogP contribution is -2.31. The predicted octanol–water partition coefficient (Wildman–Crippen LogP) is 1.68. The number of hydrogen-bond acceptors (Lipinski definition) is 4. The first-order chi connectivity index (χ1) is 8.31. The summed E-state index contributed by atoms with van der Waals surface area (Å²) in [5.41, 5.74) is 0. The van der Waals surface area contributed by atoms with Gasteiger partial charge in [-0.05, 0) is 38.1 Å². The first kappa shape index (κ1) is 15.1. The summed E-state index contributed by atoms with van der Waals surface area (Å²) in [6.45, 7) is 3.01.